The maximum absolute atomic E-state index is 11.1. The number of aromatic carboxylic acids is 1. The van der Waals surface area contributed by atoms with Crippen molar-refractivity contribution in [2.45, 2.75) is 13.7 Å². The molecule has 0 amide bonds. The van der Waals surface area contributed by atoms with Crippen LogP contribution in [0.15, 0.2) is 26.0 Å². The van der Waals surface area contributed by atoms with Gasteiger partial charge in [-0.05, 0) is 18.0 Å². The molecule has 0 saturated carbocycles. The molecule has 0 bridgehead atoms. The highest BCUT2D eigenvalue weighted by atomic mass is 32.2. The first kappa shape index (κ1) is 14.7. The van der Waals surface area contributed by atoms with E-state index in [0.717, 1.165) is 28.4 Å². The van der Waals surface area contributed by atoms with Crippen molar-refractivity contribution >= 4 is 46.5 Å². The summed E-state index contributed by atoms with van der Waals surface area (Å²) in [5, 5.41) is 27.6. The van der Waals surface area contributed by atoms with Crippen LogP contribution in [0.3, 0.4) is 0 Å². The largest absolute Gasteiger partial charge is 0.478 e. The standard InChI is InChI=1S/C9H6N4O4S3/c1-18-8-11-12-9(20-8)19-6-5(7(14)15)2-4(3-10-6)13(16)17/h2-3H,1H3,(H,14,15). The molecule has 0 atom stereocenters. The van der Waals surface area contributed by atoms with Crippen LogP contribution < -0.4 is 0 Å². The Balaban J connectivity index is 2.35. The van der Waals surface area contributed by atoms with Gasteiger partial charge in [-0.25, -0.2) is 9.78 Å². The van der Waals surface area contributed by atoms with Crippen molar-refractivity contribution < 1.29 is 14.8 Å². The van der Waals surface area contributed by atoms with E-state index in [1.807, 2.05) is 6.26 Å². The number of hydrogen-bond donors (Lipinski definition) is 1. The SMILES string of the molecule is CSc1nnc(Sc2ncc([N+](=O)[O-])cc2C(=O)O)s1. The smallest absolute Gasteiger partial charge is 0.338 e. The second-order valence-electron chi connectivity index (χ2n) is 3.25. The zero-order valence-electron chi connectivity index (χ0n) is 9.84. The number of carboxylic acids is 1. The molecule has 11 heteroatoms. The molecule has 2 rings (SSSR count). The van der Waals surface area contributed by atoms with Gasteiger partial charge in [0.25, 0.3) is 5.69 Å². The fourth-order valence-electron chi connectivity index (χ4n) is 1.18. The first-order valence-electron chi connectivity index (χ1n) is 4.94. The topological polar surface area (TPSA) is 119 Å². The molecule has 0 unspecified atom stereocenters. The van der Waals surface area contributed by atoms with Gasteiger partial charge in [0, 0.05) is 6.07 Å². The highest BCUT2D eigenvalue weighted by Crippen LogP contribution is 2.34. The van der Waals surface area contributed by atoms with Crippen LogP contribution in [0.4, 0.5) is 5.69 Å². The van der Waals surface area contributed by atoms with E-state index in [2.05, 4.69) is 15.2 Å². The van der Waals surface area contributed by atoms with Crippen molar-refractivity contribution in [2.75, 3.05) is 6.26 Å². The fraction of sp³-hybridized carbons (Fsp3) is 0.111. The van der Waals surface area contributed by atoms with Crippen LogP contribution in [0.25, 0.3) is 0 Å². The second-order valence-corrected chi connectivity index (χ2v) is 6.52. The molecule has 0 spiro atoms. The van der Waals surface area contributed by atoms with E-state index in [4.69, 9.17) is 5.11 Å². The Hall–Kier alpha value is -1.72. The first-order chi connectivity index (χ1) is 9.51. The normalized spacial score (nSPS) is 10.4. The van der Waals surface area contributed by atoms with Crippen LogP contribution in [0.5, 0.6) is 0 Å². The zero-order chi connectivity index (χ0) is 14.7. The van der Waals surface area contributed by atoms with Crippen LogP contribution in [-0.2, 0) is 0 Å². The van der Waals surface area contributed by atoms with E-state index in [1.54, 1.807) is 0 Å². The van der Waals surface area contributed by atoms with Crippen molar-refractivity contribution in [1.29, 1.82) is 0 Å². The van der Waals surface area contributed by atoms with Gasteiger partial charge in [-0.2, -0.15) is 0 Å². The van der Waals surface area contributed by atoms with Crippen LogP contribution in [0.2, 0.25) is 0 Å². The third-order valence-corrected chi connectivity index (χ3v) is 4.99. The number of nitro groups is 1. The fourth-order valence-corrected chi connectivity index (χ4v) is 3.59. The highest BCUT2D eigenvalue weighted by molar-refractivity contribution is 8.03. The minimum absolute atomic E-state index is 0.145. The van der Waals surface area contributed by atoms with Crippen LogP contribution >= 0.6 is 34.9 Å². The van der Waals surface area contributed by atoms with Gasteiger partial charge in [-0.1, -0.05) is 23.1 Å². The summed E-state index contributed by atoms with van der Waals surface area (Å²) in [4.78, 5) is 24.9. The summed E-state index contributed by atoms with van der Waals surface area (Å²) in [5.41, 5.74) is -0.598. The number of carboxylic acid groups (broad SMARTS) is 1. The lowest BCUT2D eigenvalue weighted by molar-refractivity contribution is -0.385. The molecule has 2 aromatic heterocycles. The van der Waals surface area contributed by atoms with Crippen molar-refractivity contribution in [3.05, 3.63) is 27.9 Å². The average Bonchev–Trinajstić information content (AvgIpc) is 2.86. The number of nitrogens with zero attached hydrogens (tertiary/aromatic N) is 4. The van der Waals surface area contributed by atoms with Gasteiger partial charge >= 0.3 is 5.97 Å². The molecule has 0 aliphatic heterocycles. The Bertz CT molecular complexity index is 675. The number of rotatable bonds is 5. The van der Waals surface area contributed by atoms with E-state index in [1.165, 1.54) is 23.1 Å². The Morgan fingerprint density at radius 2 is 2.15 bits per heavy atom. The van der Waals surface area contributed by atoms with Crippen LogP contribution in [0, 0.1) is 10.1 Å². The van der Waals surface area contributed by atoms with Crippen LogP contribution in [0.1, 0.15) is 10.4 Å². The van der Waals surface area contributed by atoms with Crippen molar-refractivity contribution in [3.63, 3.8) is 0 Å². The van der Waals surface area contributed by atoms with Crippen molar-refractivity contribution in [2.24, 2.45) is 0 Å². The monoisotopic (exact) mass is 330 g/mol. The molecule has 20 heavy (non-hydrogen) atoms. The van der Waals surface area contributed by atoms with Crippen molar-refractivity contribution in [1.82, 2.24) is 15.2 Å². The summed E-state index contributed by atoms with van der Waals surface area (Å²) < 4.78 is 1.27. The molecule has 0 aliphatic carbocycles. The second kappa shape index (κ2) is 6.15. The molecule has 1 N–H and O–H groups in total. The Kier molecular flexibility index (Phi) is 4.52. The third kappa shape index (κ3) is 3.23. The number of aromatic nitrogens is 3. The van der Waals surface area contributed by atoms with E-state index < -0.39 is 10.9 Å². The third-order valence-electron chi connectivity index (χ3n) is 2.02. The van der Waals surface area contributed by atoms with Gasteiger partial charge < -0.3 is 5.11 Å². The molecule has 2 heterocycles. The average molecular weight is 330 g/mol. The molecule has 0 aromatic carbocycles. The van der Waals surface area contributed by atoms with Gasteiger partial charge in [0.2, 0.25) is 0 Å². The van der Waals surface area contributed by atoms with E-state index >= 15 is 0 Å². The number of thioether (sulfide) groups is 1. The molecular weight excluding hydrogens is 324 g/mol. The zero-order valence-corrected chi connectivity index (χ0v) is 12.3. The Labute approximate surface area is 124 Å². The van der Waals surface area contributed by atoms with Gasteiger partial charge in [-0.15, -0.1) is 10.2 Å². The summed E-state index contributed by atoms with van der Waals surface area (Å²) in [5.74, 6) is -1.28. The summed E-state index contributed by atoms with van der Waals surface area (Å²) >= 11 is 3.73. The van der Waals surface area contributed by atoms with Gasteiger partial charge in [0.15, 0.2) is 8.68 Å². The number of hydrogen-bond acceptors (Lipinski definition) is 9. The van der Waals surface area contributed by atoms with Crippen LogP contribution in [-0.4, -0.2) is 37.4 Å². The summed E-state index contributed by atoms with van der Waals surface area (Å²) in [6.07, 6.45) is 2.87. The highest BCUT2D eigenvalue weighted by Gasteiger charge is 2.19. The maximum atomic E-state index is 11.1. The van der Waals surface area contributed by atoms with E-state index in [-0.39, 0.29) is 16.3 Å². The summed E-state index contributed by atoms with van der Waals surface area (Å²) in [7, 11) is 0. The lowest BCUT2D eigenvalue weighted by Crippen LogP contribution is -2.02. The summed E-state index contributed by atoms with van der Waals surface area (Å²) in [6.45, 7) is 0. The molecule has 0 saturated heterocycles. The van der Waals surface area contributed by atoms with Gasteiger partial charge in [-0.3, -0.25) is 10.1 Å². The first-order valence-corrected chi connectivity index (χ1v) is 7.80. The predicted octanol–water partition coefficient (Wildman–Crippen LogP) is 2.41. The minimum atomic E-state index is -1.28. The quantitative estimate of drug-likeness (QED) is 0.500. The Morgan fingerprint density at radius 1 is 1.45 bits per heavy atom. The van der Waals surface area contributed by atoms with Gasteiger partial charge in [0.1, 0.15) is 11.2 Å². The maximum Gasteiger partial charge on any atom is 0.338 e. The molecule has 0 aliphatic rings. The van der Waals surface area contributed by atoms with E-state index in [9.17, 15) is 14.9 Å². The van der Waals surface area contributed by atoms with Crippen molar-refractivity contribution in [3.8, 4) is 0 Å². The number of pyridine rings is 1. The predicted molar refractivity (Wildman–Crippen MR) is 73.7 cm³/mol. The molecular formula is C9H6N4O4S3. The van der Waals surface area contributed by atoms with E-state index in [0.29, 0.717) is 4.34 Å². The lowest BCUT2D eigenvalue weighted by Gasteiger charge is -2.01. The molecule has 2 aromatic rings. The Morgan fingerprint density at radius 3 is 2.70 bits per heavy atom. The lowest BCUT2D eigenvalue weighted by atomic mass is 10.3. The molecule has 104 valence electrons. The molecule has 0 fully saturated rings. The summed E-state index contributed by atoms with van der Waals surface area (Å²) in [6, 6.07) is 0.980. The molecule has 8 nitrogen and oxygen atoms in total. The minimum Gasteiger partial charge on any atom is -0.478 e. The number of carbonyl (C=O) groups is 1. The molecule has 0 radical (unpaired) electrons. The van der Waals surface area contributed by atoms with Gasteiger partial charge in [0.05, 0.1) is 10.5 Å².